The molecule has 1 aromatic rings. The van der Waals surface area contributed by atoms with Gasteiger partial charge < -0.3 is 22.1 Å². The van der Waals surface area contributed by atoms with Gasteiger partial charge in [-0.05, 0) is 24.6 Å². The van der Waals surface area contributed by atoms with Gasteiger partial charge in [-0.25, -0.2) is 0 Å². The Morgan fingerprint density at radius 3 is 2.62 bits per heavy atom. The maximum Gasteiger partial charge on any atom is 0.251 e. The van der Waals surface area contributed by atoms with E-state index in [1.165, 1.54) is 0 Å². The molecule has 0 aliphatic rings. The van der Waals surface area contributed by atoms with E-state index < -0.39 is 17.9 Å². The molecule has 7 heteroatoms. The Morgan fingerprint density at radius 2 is 2.00 bits per heavy atom. The SMILES string of the molecule is CCCNC(=O)c1cccc(NC(=O)C(N)CC(N)=O)c1. The average molecular weight is 292 g/mol. The molecule has 0 spiro atoms. The molecule has 0 radical (unpaired) electrons. The second-order valence-corrected chi connectivity index (χ2v) is 4.60. The summed E-state index contributed by atoms with van der Waals surface area (Å²) in [4.78, 5) is 34.3. The zero-order valence-corrected chi connectivity index (χ0v) is 11.9. The number of carbonyl (C=O) groups excluding carboxylic acids is 3. The lowest BCUT2D eigenvalue weighted by Gasteiger charge is -2.11. The van der Waals surface area contributed by atoms with Crippen LogP contribution in [-0.4, -0.2) is 30.3 Å². The highest BCUT2D eigenvalue weighted by Gasteiger charge is 2.16. The van der Waals surface area contributed by atoms with Gasteiger partial charge in [-0.1, -0.05) is 13.0 Å². The molecule has 3 amide bonds. The maximum absolute atomic E-state index is 11.8. The largest absolute Gasteiger partial charge is 0.370 e. The average Bonchev–Trinajstić information content (AvgIpc) is 2.44. The molecule has 1 rings (SSSR count). The maximum atomic E-state index is 11.8. The minimum atomic E-state index is -1.01. The van der Waals surface area contributed by atoms with E-state index in [0.717, 1.165) is 6.42 Å². The van der Waals surface area contributed by atoms with E-state index in [4.69, 9.17) is 11.5 Å². The summed E-state index contributed by atoms with van der Waals surface area (Å²) in [5.41, 5.74) is 11.4. The normalized spacial score (nSPS) is 11.5. The van der Waals surface area contributed by atoms with Crippen molar-refractivity contribution in [3.63, 3.8) is 0 Å². The predicted molar refractivity (Wildman–Crippen MR) is 79.5 cm³/mol. The number of nitrogens with two attached hydrogens (primary N) is 2. The molecule has 1 aromatic carbocycles. The second-order valence-electron chi connectivity index (χ2n) is 4.60. The number of carbonyl (C=O) groups is 3. The van der Waals surface area contributed by atoms with Crippen LogP contribution in [0.15, 0.2) is 24.3 Å². The van der Waals surface area contributed by atoms with E-state index in [-0.39, 0.29) is 12.3 Å². The quantitative estimate of drug-likeness (QED) is 0.562. The second kappa shape index (κ2) is 8.01. The number of amides is 3. The number of benzene rings is 1. The number of nitrogens with one attached hydrogen (secondary N) is 2. The van der Waals surface area contributed by atoms with E-state index in [0.29, 0.717) is 17.8 Å². The number of hydrogen-bond donors (Lipinski definition) is 4. The Labute approximate surface area is 123 Å². The van der Waals surface area contributed by atoms with Crippen molar-refractivity contribution in [2.45, 2.75) is 25.8 Å². The molecule has 0 bridgehead atoms. The standard InChI is InChI=1S/C14H20N4O3/c1-2-6-17-13(20)9-4-3-5-10(7-9)18-14(21)11(15)8-12(16)19/h3-5,7,11H,2,6,8,15H2,1H3,(H2,16,19)(H,17,20)(H,18,21). The summed E-state index contributed by atoms with van der Waals surface area (Å²) in [5.74, 6) is -1.39. The molecule has 6 N–H and O–H groups in total. The van der Waals surface area contributed by atoms with Crippen molar-refractivity contribution < 1.29 is 14.4 Å². The molecule has 0 saturated heterocycles. The number of rotatable bonds is 7. The third-order valence-electron chi connectivity index (χ3n) is 2.69. The van der Waals surface area contributed by atoms with Crippen LogP contribution in [0.2, 0.25) is 0 Å². The fourth-order valence-electron chi connectivity index (χ4n) is 1.62. The van der Waals surface area contributed by atoms with Crippen LogP contribution in [0.5, 0.6) is 0 Å². The van der Waals surface area contributed by atoms with Crippen molar-refractivity contribution in [2.24, 2.45) is 11.5 Å². The molecule has 0 aliphatic heterocycles. The van der Waals surface area contributed by atoms with Gasteiger partial charge in [-0.3, -0.25) is 14.4 Å². The third kappa shape index (κ3) is 5.62. The third-order valence-corrected chi connectivity index (χ3v) is 2.69. The van der Waals surface area contributed by atoms with Gasteiger partial charge >= 0.3 is 0 Å². The fourth-order valence-corrected chi connectivity index (χ4v) is 1.62. The van der Waals surface area contributed by atoms with Crippen LogP contribution >= 0.6 is 0 Å². The summed E-state index contributed by atoms with van der Waals surface area (Å²) in [5, 5.41) is 5.29. The summed E-state index contributed by atoms with van der Waals surface area (Å²) < 4.78 is 0. The topological polar surface area (TPSA) is 127 Å². The summed E-state index contributed by atoms with van der Waals surface area (Å²) in [6.07, 6.45) is 0.604. The molecule has 0 aliphatic carbocycles. The van der Waals surface area contributed by atoms with Crippen LogP contribution in [-0.2, 0) is 9.59 Å². The molecule has 1 unspecified atom stereocenters. The Hall–Kier alpha value is -2.41. The molecule has 7 nitrogen and oxygen atoms in total. The van der Waals surface area contributed by atoms with Crippen molar-refractivity contribution in [3.05, 3.63) is 29.8 Å². The lowest BCUT2D eigenvalue weighted by atomic mass is 10.1. The number of hydrogen-bond acceptors (Lipinski definition) is 4. The first-order valence-corrected chi connectivity index (χ1v) is 6.67. The number of anilines is 1. The van der Waals surface area contributed by atoms with E-state index >= 15 is 0 Å². The molecule has 0 heterocycles. The highest BCUT2D eigenvalue weighted by atomic mass is 16.2. The molecule has 0 saturated carbocycles. The van der Waals surface area contributed by atoms with Crippen LogP contribution in [0.1, 0.15) is 30.1 Å². The van der Waals surface area contributed by atoms with Gasteiger partial charge in [0.05, 0.1) is 12.5 Å². The molecule has 0 aromatic heterocycles. The Balaban J connectivity index is 2.70. The lowest BCUT2D eigenvalue weighted by Crippen LogP contribution is -2.39. The summed E-state index contributed by atoms with van der Waals surface area (Å²) in [6.45, 7) is 2.54. The van der Waals surface area contributed by atoms with Crippen molar-refractivity contribution in [3.8, 4) is 0 Å². The van der Waals surface area contributed by atoms with Gasteiger partial charge in [0, 0.05) is 17.8 Å². The monoisotopic (exact) mass is 292 g/mol. The Morgan fingerprint density at radius 1 is 1.29 bits per heavy atom. The summed E-state index contributed by atoms with van der Waals surface area (Å²) in [7, 11) is 0. The van der Waals surface area contributed by atoms with E-state index in [9.17, 15) is 14.4 Å². The Bertz CT molecular complexity index is 531. The molecule has 21 heavy (non-hydrogen) atoms. The van der Waals surface area contributed by atoms with Gasteiger partial charge in [0.1, 0.15) is 0 Å². The minimum Gasteiger partial charge on any atom is -0.370 e. The zero-order valence-electron chi connectivity index (χ0n) is 11.9. The van der Waals surface area contributed by atoms with Gasteiger partial charge in [0.25, 0.3) is 5.91 Å². The number of primary amides is 1. The van der Waals surface area contributed by atoms with Crippen molar-refractivity contribution >= 4 is 23.4 Å². The first kappa shape index (κ1) is 16.6. The van der Waals surface area contributed by atoms with Gasteiger partial charge in [-0.15, -0.1) is 0 Å². The molecular formula is C14H20N4O3. The molecule has 1 atom stereocenters. The van der Waals surface area contributed by atoms with Crippen molar-refractivity contribution in [2.75, 3.05) is 11.9 Å². The summed E-state index contributed by atoms with van der Waals surface area (Å²) >= 11 is 0. The Kier molecular flexibility index (Phi) is 6.35. The van der Waals surface area contributed by atoms with E-state index in [1.807, 2.05) is 6.92 Å². The predicted octanol–water partition coefficient (Wildman–Crippen LogP) is -0.0324. The van der Waals surface area contributed by atoms with Gasteiger partial charge in [0.2, 0.25) is 11.8 Å². The van der Waals surface area contributed by atoms with Crippen LogP contribution in [0.3, 0.4) is 0 Å². The molecule has 114 valence electrons. The van der Waals surface area contributed by atoms with Crippen LogP contribution in [0.4, 0.5) is 5.69 Å². The van der Waals surface area contributed by atoms with Crippen molar-refractivity contribution in [1.29, 1.82) is 0 Å². The highest BCUT2D eigenvalue weighted by molar-refractivity contribution is 5.99. The van der Waals surface area contributed by atoms with Crippen LogP contribution < -0.4 is 22.1 Å². The van der Waals surface area contributed by atoms with Crippen LogP contribution in [0.25, 0.3) is 0 Å². The van der Waals surface area contributed by atoms with E-state index in [1.54, 1.807) is 24.3 Å². The minimum absolute atomic E-state index is 0.214. The van der Waals surface area contributed by atoms with Crippen LogP contribution in [0, 0.1) is 0 Å². The van der Waals surface area contributed by atoms with Crippen molar-refractivity contribution in [1.82, 2.24) is 5.32 Å². The zero-order chi connectivity index (χ0) is 15.8. The lowest BCUT2D eigenvalue weighted by molar-refractivity contribution is -0.123. The smallest absolute Gasteiger partial charge is 0.251 e. The highest BCUT2D eigenvalue weighted by Crippen LogP contribution is 2.11. The fraction of sp³-hybridized carbons (Fsp3) is 0.357. The first-order chi connectivity index (χ1) is 9.93. The van der Waals surface area contributed by atoms with Gasteiger partial charge in [-0.2, -0.15) is 0 Å². The first-order valence-electron chi connectivity index (χ1n) is 6.67. The van der Waals surface area contributed by atoms with Gasteiger partial charge in [0.15, 0.2) is 0 Å². The summed E-state index contributed by atoms with van der Waals surface area (Å²) in [6, 6.07) is 5.45. The van der Waals surface area contributed by atoms with E-state index in [2.05, 4.69) is 10.6 Å². The molecular weight excluding hydrogens is 272 g/mol. The molecule has 0 fully saturated rings.